The Morgan fingerprint density at radius 3 is 2.92 bits per heavy atom. The maximum Gasteiger partial charge on any atom is 0.170 e. The summed E-state index contributed by atoms with van der Waals surface area (Å²) in [6, 6.07) is 11.0. The number of likely N-dealkylation sites (tertiary alicyclic amines) is 1. The average molecular weight is 336 g/mol. The lowest BCUT2D eigenvalue weighted by atomic mass is 9.95. The first-order valence-electron chi connectivity index (χ1n) is 8.98. The molecule has 0 radical (unpaired) electrons. The monoisotopic (exact) mass is 336 g/mol. The highest BCUT2D eigenvalue weighted by atomic mass is 16.5. The standard InChI is InChI=1S/C20H24N4O/c1-14-7-3-4-8-16(14)13-24-10-6-5-9-18(24)20-17(12-21-22-20)19-11-15(2)23-25-19/h3-4,7-8,11-12,18H,5-6,9-10,13H2,1-2H3,(H,21,22)/t18-/m0/s1. The number of H-pyrrole nitrogens is 1. The van der Waals surface area contributed by atoms with Gasteiger partial charge in [0.1, 0.15) is 0 Å². The zero-order valence-corrected chi connectivity index (χ0v) is 14.8. The van der Waals surface area contributed by atoms with Crippen LogP contribution < -0.4 is 0 Å². The molecule has 0 aliphatic carbocycles. The summed E-state index contributed by atoms with van der Waals surface area (Å²) in [6.45, 7) is 6.20. The summed E-state index contributed by atoms with van der Waals surface area (Å²) in [5, 5.41) is 11.6. The normalized spacial score (nSPS) is 18.6. The number of benzene rings is 1. The highest BCUT2D eigenvalue weighted by molar-refractivity contribution is 5.60. The van der Waals surface area contributed by atoms with Crippen LogP contribution in [0, 0.1) is 13.8 Å². The lowest BCUT2D eigenvalue weighted by Crippen LogP contribution is -2.33. The largest absolute Gasteiger partial charge is 0.356 e. The molecule has 1 saturated heterocycles. The van der Waals surface area contributed by atoms with Gasteiger partial charge in [0.05, 0.1) is 29.2 Å². The summed E-state index contributed by atoms with van der Waals surface area (Å²) in [5.41, 5.74) is 5.81. The Kier molecular flexibility index (Phi) is 4.40. The molecule has 1 N–H and O–H groups in total. The molecule has 0 unspecified atom stereocenters. The van der Waals surface area contributed by atoms with Crippen LogP contribution in [0.5, 0.6) is 0 Å². The fraction of sp³-hybridized carbons (Fsp3) is 0.400. The molecule has 1 atom stereocenters. The predicted octanol–water partition coefficient (Wildman–Crippen LogP) is 4.41. The van der Waals surface area contributed by atoms with Crippen LogP contribution in [0.4, 0.5) is 0 Å². The lowest BCUT2D eigenvalue weighted by molar-refractivity contribution is 0.137. The third-order valence-electron chi connectivity index (χ3n) is 5.14. The molecule has 0 amide bonds. The molecule has 0 saturated carbocycles. The lowest BCUT2D eigenvalue weighted by Gasteiger charge is -2.35. The van der Waals surface area contributed by atoms with E-state index < -0.39 is 0 Å². The molecule has 5 heteroatoms. The second-order valence-electron chi connectivity index (χ2n) is 6.94. The van der Waals surface area contributed by atoms with E-state index in [1.165, 1.54) is 24.0 Å². The minimum atomic E-state index is 0.330. The average Bonchev–Trinajstić information content (AvgIpc) is 3.26. The van der Waals surface area contributed by atoms with Gasteiger partial charge < -0.3 is 4.52 Å². The summed E-state index contributed by atoms with van der Waals surface area (Å²) < 4.78 is 5.48. The second kappa shape index (κ2) is 6.84. The van der Waals surface area contributed by atoms with E-state index in [-0.39, 0.29) is 0 Å². The van der Waals surface area contributed by atoms with Crippen LogP contribution >= 0.6 is 0 Å². The quantitative estimate of drug-likeness (QED) is 0.767. The van der Waals surface area contributed by atoms with E-state index in [0.29, 0.717) is 6.04 Å². The molecule has 130 valence electrons. The van der Waals surface area contributed by atoms with Gasteiger partial charge in [0.15, 0.2) is 5.76 Å². The SMILES string of the molecule is Cc1cc(-c2cn[nH]c2[C@@H]2CCCCN2Cc2ccccc2C)on1. The molecule has 0 spiro atoms. The predicted molar refractivity (Wildman–Crippen MR) is 97.0 cm³/mol. The Morgan fingerprint density at radius 2 is 2.12 bits per heavy atom. The highest BCUT2D eigenvalue weighted by Gasteiger charge is 2.29. The molecule has 3 aromatic rings. The number of hydrogen-bond donors (Lipinski definition) is 1. The molecule has 1 aromatic carbocycles. The summed E-state index contributed by atoms with van der Waals surface area (Å²) >= 11 is 0. The minimum Gasteiger partial charge on any atom is -0.356 e. The molecular formula is C20H24N4O. The van der Waals surface area contributed by atoms with Crippen LogP contribution in [0.1, 0.15) is 47.8 Å². The molecule has 1 fully saturated rings. The van der Waals surface area contributed by atoms with Crippen LogP contribution in [-0.2, 0) is 6.54 Å². The Morgan fingerprint density at radius 1 is 1.24 bits per heavy atom. The van der Waals surface area contributed by atoms with Crippen molar-refractivity contribution in [2.45, 2.75) is 45.7 Å². The number of nitrogens with zero attached hydrogens (tertiary/aromatic N) is 3. The summed E-state index contributed by atoms with van der Waals surface area (Å²) in [7, 11) is 0. The van der Waals surface area contributed by atoms with E-state index in [2.05, 4.69) is 51.4 Å². The fourth-order valence-electron chi connectivity index (χ4n) is 3.75. The van der Waals surface area contributed by atoms with Gasteiger partial charge in [-0.25, -0.2) is 0 Å². The van der Waals surface area contributed by atoms with E-state index >= 15 is 0 Å². The van der Waals surface area contributed by atoms with E-state index in [1.54, 1.807) is 0 Å². The van der Waals surface area contributed by atoms with Crippen LogP contribution in [0.2, 0.25) is 0 Å². The van der Waals surface area contributed by atoms with Crippen molar-refractivity contribution in [3.63, 3.8) is 0 Å². The molecule has 5 nitrogen and oxygen atoms in total. The number of piperidine rings is 1. The summed E-state index contributed by atoms with van der Waals surface area (Å²) in [6.07, 6.45) is 5.47. The Balaban J connectivity index is 1.64. The number of aromatic amines is 1. The molecule has 0 bridgehead atoms. The van der Waals surface area contributed by atoms with Gasteiger partial charge in [0.25, 0.3) is 0 Å². The van der Waals surface area contributed by atoms with Crippen LogP contribution in [0.25, 0.3) is 11.3 Å². The molecule has 1 aliphatic rings. The van der Waals surface area contributed by atoms with Gasteiger partial charge in [0.2, 0.25) is 0 Å². The van der Waals surface area contributed by atoms with Crippen LogP contribution in [0.15, 0.2) is 41.1 Å². The number of aryl methyl sites for hydroxylation is 2. The van der Waals surface area contributed by atoms with Gasteiger partial charge in [-0.05, 0) is 44.4 Å². The maximum atomic E-state index is 5.48. The van der Waals surface area contributed by atoms with E-state index in [4.69, 9.17) is 4.52 Å². The van der Waals surface area contributed by atoms with E-state index in [9.17, 15) is 0 Å². The fourth-order valence-corrected chi connectivity index (χ4v) is 3.75. The summed E-state index contributed by atoms with van der Waals surface area (Å²) in [4.78, 5) is 2.56. The third-order valence-corrected chi connectivity index (χ3v) is 5.14. The minimum absolute atomic E-state index is 0.330. The number of nitrogens with one attached hydrogen (secondary N) is 1. The molecule has 1 aliphatic heterocycles. The first kappa shape index (κ1) is 16.1. The van der Waals surface area contributed by atoms with Crippen LogP contribution in [-0.4, -0.2) is 26.8 Å². The maximum absolute atomic E-state index is 5.48. The van der Waals surface area contributed by atoms with Gasteiger partial charge >= 0.3 is 0 Å². The van der Waals surface area contributed by atoms with Crippen molar-refractivity contribution < 1.29 is 4.52 Å². The Hall–Kier alpha value is -2.40. The van der Waals surface area contributed by atoms with Gasteiger partial charge in [-0.2, -0.15) is 5.10 Å². The van der Waals surface area contributed by atoms with Gasteiger partial charge in [0, 0.05) is 12.6 Å². The second-order valence-corrected chi connectivity index (χ2v) is 6.94. The molecule has 4 rings (SSSR count). The molecule has 25 heavy (non-hydrogen) atoms. The van der Waals surface area contributed by atoms with Crippen molar-refractivity contribution in [2.75, 3.05) is 6.54 Å². The molecule has 2 aromatic heterocycles. The third kappa shape index (κ3) is 3.24. The van der Waals surface area contributed by atoms with Crippen molar-refractivity contribution in [3.8, 4) is 11.3 Å². The smallest absolute Gasteiger partial charge is 0.170 e. The Labute approximate surface area is 148 Å². The van der Waals surface area contributed by atoms with Crippen molar-refractivity contribution in [2.24, 2.45) is 0 Å². The highest BCUT2D eigenvalue weighted by Crippen LogP contribution is 2.36. The summed E-state index contributed by atoms with van der Waals surface area (Å²) in [5.74, 6) is 0.794. The number of rotatable bonds is 4. The first-order chi connectivity index (χ1) is 12.2. The zero-order valence-electron chi connectivity index (χ0n) is 14.8. The molecule has 3 heterocycles. The Bertz CT molecular complexity index is 851. The van der Waals surface area contributed by atoms with Gasteiger partial charge in [-0.15, -0.1) is 0 Å². The first-order valence-corrected chi connectivity index (χ1v) is 8.98. The molecular weight excluding hydrogens is 312 g/mol. The van der Waals surface area contributed by atoms with Gasteiger partial charge in [-0.1, -0.05) is 35.8 Å². The van der Waals surface area contributed by atoms with E-state index in [1.807, 2.05) is 19.2 Å². The van der Waals surface area contributed by atoms with Crippen molar-refractivity contribution in [1.29, 1.82) is 0 Å². The topological polar surface area (TPSA) is 58.0 Å². The van der Waals surface area contributed by atoms with Crippen molar-refractivity contribution in [1.82, 2.24) is 20.3 Å². The van der Waals surface area contributed by atoms with Gasteiger partial charge in [-0.3, -0.25) is 10.00 Å². The number of aromatic nitrogens is 3. The zero-order chi connectivity index (χ0) is 17.2. The van der Waals surface area contributed by atoms with Crippen molar-refractivity contribution >= 4 is 0 Å². The van der Waals surface area contributed by atoms with E-state index in [0.717, 1.165) is 42.2 Å². The number of hydrogen-bond acceptors (Lipinski definition) is 4. The van der Waals surface area contributed by atoms with Crippen LogP contribution in [0.3, 0.4) is 0 Å². The van der Waals surface area contributed by atoms with Crippen molar-refractivity contribution in [3.05, 3.63) is 59.0 Å².